The van der Waals surface area contributed by atoms with Gasteiger partial charge in [-0.25, -0.2) is 4.98 Å². The van der Waals surface area contributed by atoms with E-state index in [9.17, 15) is 0 Å². The number of nitrogens with zero attached hydrogens (tertiary/aromatic N) is 2. The number of benzene rings is 1. The molecule has 1 aliphatic heterocycles. The van der Waals surface area contributed by atoms with Crippen LogP contribution in [0.2, 0.25) is 5.02 Å². The zero-order chi connectivity index (χ0) is 12.4. The molecule has 0 saturated carbocycles. The fourth-order valence-electron chi connectivity index (χ4n) is 2.06. The molecule has 1 aromatic heterocycles. The van der Waals surface area contributed by atoms with Gasteiger partial charge in [-0.2, -0.15) is 0 Å². The van der Waals surface area contributed by atoms with Gasteiger partial charge < -0.3 is 9.72 Å². The number of likely N-dealkylation sites (tertiary alicyclic amines) is 1. The smallest absolute Gasteiger partial charge is 0.138 e. The number of para-hydroxylation sites is 1. The molecule has 1 fully saturated rings. The number of aromatic nitrogens is 2. The molecule has 2 heterocycles. The van der Waals surface area contributed by atoms with Gasteiger partial charge in [0.1, 0.15) is 11.9 Å². The van der Waals surface area contributed by atoms with Crippen LogP contribution in [0.1, 0.15) is 5.69 Å². The van der Waals surface area contributed by atoms with Crippen molar-refractivity contribution in [3.63, 3.8) is 0 Å². The Kier molecular flexibility index (Phi) is 3.21. The largest absolute Gasteiger partial charge is 0.486 e. The molecule has 94 valence electrons. The van der Waals surface area contributed by atoms with E-state index in [2.05, 4.69) is 14.9 Å². The average Bonchev–Trinajstić information content (AvgIpc) is 2.81. The minimum absolute atomic E-state index is 0.229. The lowest BCUT2D eigenvalue weighted by Gasteiger charge is -2.38. The fraction of sp³-hybridized carbons (Fsp3) is 0.308. The van der Waals surface area contributed by atoms with E-state index in [1.54, 1.807) is 6.33 Å². The van der Waals surface area contributed by atoms with Crippen molar-refractivity contribution in [1.29, 1.82) is 0 Å². The van der Waals surface area contributed by atoms with Gasteiger partial charge in [0.15, 0.2) is 0 Å². The van der Waals surface area contributed by atoms with E-state index in [-0.39, 0.29) is 6.10 Å². The number of ether oxygens (including phenoxy) is 1. The van der Waals surface area contributed by atoms with Crippen LogP contribution in [0.3, 0.4) is 0 Å². The van der Waals surface area contributed by atoms with Crippen molar-refractivity contribution >= 4 is 11.6 Å². The second kappa shape index (κ2) is 5.00. The summed E-state index contributed by atoms with van der Waals surface area (Å²) in [7, 11) is 0. The Morgan fingerprint density at radius 2 is 2.22 bits per heavy atom. The summed E-state index contributed by atoms with van der Waals surface area (Å²) in [5, 5.41) is 0.671. The molecule has 4 nitrogen and oxygen atoms in total. The molecule has 1 N–H and O–H groups in total. The average molecular weight is 264 g/mol. The summed E-state index contributed by atoms with van der Waals surface area (Å²) < 4.78 is 5.83. The highest BCUT2D eigenvalue weighted by Crippen LogP contribution is 2.26. The third-order valence-electron chi connectivity index (χ3n) is 3.00. The number of hydrogen-bond acceptors (Lipinski definition) is 3. The Morgan fingerprint density at radius 1 is 1.39 bits per heavy atom. The molecular weight excluding hydrogens is 250 g/mol. The molecule has 0 atom stereocenters. The zero-order valence-electron chi connectivity index (χ0n) is 9.84. The summed E-state index contributed by atoms with van der Waals surface area (Å²) in [6, 6.07) is 7.58. The standard InChI is InChI=1S/C13H14ClN3O/c14-12-3-1-2-4-13(12)18-11-7-17(8-11)6-10-5-15-9-16-10/h1-5,9,11H,6-8H2,(H,15,16). The van der Waals surface area contributed by atoms with Gasteiger partial charge in [0, 0.05) is 31.5 Å². The number of aromatic amines is 1. The maximum atomic E-state index is 6.05. The van der Waals surface area contributed by atoms with Crippen LogP contribution in [-0.2, 0) is 6.54 Å². The number of H-pyrrole nitrogens is 1. The van der Waals surface area contributed by atoms with Crippen molar-refractivity contribution in [2.24, 2.45) is 0 Å². The Balaban J connectivity index is 1.49. The first kappa shape index (κ1) is 11.6. The normalized spacial score (nSPS) is 16.5. The fourth-order valence-corrected chi connectivity index (χ4v) is 2.24. The lowest BCUT2D eigenvalue weighted by Crippen LogP contribution is -2.53. The van der Waals surface area contributed by atoms with Gasteiger partial charge >= 0.3 is 0 Å². The van der Waals surface area contributed by atoms with E-state index in [1.165, 1.54) is 0 Å². The highest BCUT2D eigenvalue weighted by atomic mass is 35.5. The van der Waals surface area contributed by atoms with Gasteiger partial charge in [-0.15, -0.1) is 0 Å². The van der Waals surface area contributed by atoms with E-state index >= 15 is 0 Å². The van der Waals surface area contributed by atoms with E-state index < -0.39 is 0 Å². The lowest BCUT2D eigenvalue weighted by atomic mass is 10.1. The maximum Gasteiger partial charge on any atom is 0.138 e. The zero-order valence-corrected chi connectivity index (χ0v) is 10.6. The highest BCUT2D eigenvalue weighted by Gasteiger charge is 2.28. The van der Waals surface area contributed by atoms with Gasteiger partial charge in [0.25, 0.3) is 0 Å². The van der Waals surface area contributed by atoms with Crippen molar-refractivity contribution < 1.29 is 4.74 Å². The van der Waals surface area contributed by atoms with E-state index in [0.29, 0.717) is 5.02 Å². The Hall–Kier alpha value is -1.52. The Bertz CT molecular complexity index is 509. The molecular formula is C13H14ClN3O. The van der Waals surface area contributed by atoms with Crippen LogP contribution in [-0.4, -0.2) is 34.1 Å². The summed E-state index contributed by atoms with van der Waals surface area (Å²) >= 11 is 6.05. The van der Waals surface area contributed by atoms with Gasteiger partial charge in [0.05, 0.1) is 11.3 Å². The van der Waals surface area contributed by atoms with Gasteiger partial charge in [-0.3, -0.25) is 4.90 Å². The molecule has 0 radical (unpaired) electrons. The van der Waals surface area contributed by atoms with E-state index in [0.717, 1.165) is 31.1 Å². The predicted molar refractivity (Wildman–Crippen MR) is 69.7 cm³/mol. The second-order valence-electron chi connectivity index (χ2n) is 4.44. The van der Waals surface area contributed by atoms with Crippen LogP contribution in [0.15, 0.2) is 36.8 Å². The van der Waals surface area contributed by atoms with Gasteiger partial charge in [0.2, 0.25) is 0 Å². The minimum atomic E-state index is 0.229. The van der Waals surface area contributed by atoms with Crippen LogP contribution in [0, 0.1) is 0 Å². The van der Waals surface area contributed by atoms with Crippen LogP contribution in [0.5, 0.6) is 5.75 Å². The molecule has 0 aliphatic carbocycles. The molecule has 0 unspecified atom stereocenters. The lowest BCUT2D eigenvalue weighted by molar-refractivity contribution is 0.0139. The summed E-state index contributed by atoms with van der Waals surface area (Å²) in [5.41, 5.74) is 1.13. The van der Waals surface area contributed by atoms with Crippen LogP contribution < -0.4 is 4.74 Å². The van der Waals surface area contributed by atoms with Crippen molar-refractivity contribution in [2.45, 2.75) is 12.6 Å². The van der Waals surface area contributed by atoms with Gasteiger partial charge in [-0.05, 0) is 12.1 Å². The molecule has 3 rings (SSSR count). The van der Waals surface area contributed by atoms with Crippen molar-refractivity contribution in [1.82, 2.24) is 14.9 Å². The number of imidazole rings is 1. The van der Waals surface area contributed by atoms with E-state index in [4.69, 9.17) is 16.3 Å². The number of hydrogen-bond donors (Lipinski definition) is 1. The Labute approximate surface area is 111 Å². The Morgan fingerprint density at radius 3 is 2.94 bits per heavy atom. The molecule has 1 aliphatic rings. The van der Waals surface area contributed by atoms with Crippen molar-refractivity contribution in [2.75, 3.05) is 13.1 Å². The van der Waals surface area contributed by atoms with Gasteiger partial charge in [-0.1, -0.05) is 23.7 Å². The summed E-state index contributed by atoms with van der Waals surface area (Å²) in [5.74, 6) is 0.769. The first-order valence-electron chi connectivity index (χ1n) is 5.92. The number of nitrogens with one attached hydrogen (secondary N) is 1. The number of rotatable bonds is 4. The quantitative estimate of drug-likeness (QED) is 0.921. The third kappa shape index (κ3) is 2.49. The molecule has 0 bridgehead atoms. The number of halogens is 1. The van der Waals surface area contributed by atoms with Crippen LogP contribution >= 0.6 is 11.6 Å². The molecule has 0 amide bonds. The summed E-state index contributed by atoms with van der Waals surface area (Å²) in [6.45, 7) is 2.73. The topological polar surface area (TPSA) is 41.1 Å². The third-order valence-corrected chi connectivity index (χ3v) is 3.32. The van der Waals surface area contributed by atoms with Crippen molar-refractivity contribution in [3.05, 3.63) is 47.5 Å². The van der Waals surface area contributed by atoms with E-state index in [1.807, 2.05) is 30.5 Å². The predicted octanol–water partition coefficient (Wildman–Crippen LogP) is 2.33. The van der Waals surface area contributed by atoms with Crippen molar-refractivity contribution in [3.8, 4) is 5.75 Å². The second-order valence-corrected chi connectivity index (χ2v) is 4.85. The van der Waals surface area contributed by atoms with Crippen LogP contribution in [0.4, 0.5) is 0 Å². The summed E-state index contributed by atoms with van der Waals surface area (Å²) in [6.07, 6.45) is 3.78. The first-order valence-corrected chi connectivity index (χ1v) is 6.30. The molecule has 18 heavy (non-hydrogen) atoms. The molecule has 1 aromatic carbocycles. The molecule has 1 saturated heterocycles. The highest BCUT2D eigenvalue weighted by molar-refractivity contribution is 6.32. The monoisotopic (exact) mass is 263 g/mol. The SMILES string of the molecule is Clc1ccccc1OC1CN(Cc2cnc[nH]2)C1. The molecule has 5 heteroatoms. The molecule has 0 spiro atoms. The first-order chi connectivity index (χ1) is 8.81. The minimum Gasteiger partial charge on any atom is -0.486 e. The maximum absolute atomic E-state index is 6.05. The summed E-state index contributed by atoms with van der Waals surface area (Å²) in [4.78, 5) is 9.40. The van der Waals surface area contributed by atoms with Crippen LogP contribution in [0.25, 0.3) is 0 Å². The molecule has 2 aromatic rings.